The number of hydrogen-bond donors (Lipinski definition) is 2. The van der Waals surface area contributed by atoms with E-state index in [-0.39, 0.29) is 0 Å². The van der Waals surface area contributed by atoms with E-state index in [1.807, 2.05) is 55.3 Å². The predicted molar refractivity (Wildman–Crippen MR) is 141 cm³/mol. The van der Waals surface area contributed by atoms with Gasteiger partial charge in [-0.2, -0.15) is 5.01 Å². The fourth-order valence-electron chi connectivity index (χ4n) is 4.93. The summed E-state index contributed by atoms with van der Waals surface area (Å²) in [6, 6.07) is 13.1. The molecule has 1 aliphatic heterocycles. The normalized spacial score (nSPS) is 16.4. The number of fused-ring (bicyclic) bond motifs is 1. The van der Waals surface area contributed by atoms with Gasteiger partial charge in [-0.1, -0.05) is 44.5 Å². The lowest BCUT2D eigenvalue weighted by atomic mass is 10.0. The highest BCUT2D eigenvalue weighted by molar-refractivity contribution is 9.10. The number of anilines is 1. The van der Waals surface area contributed by atoms with Crippen molar-refractivity contribution in [1.29, 1.82) is 0 Å². The Kier molecular flexibility index (Phi) is 6.63. The first-order valence-electron chi connectivity index (χ1n) is 12.0. The van der Waals surface area contributed by atoms with Gasteiger partial charge in [0.1, 0.15) is 17.4 Å². The monoisotopic (exact) mass is 550 g/mol. The van der Waals surface area contributed by atoms with Crippen LogP contribution in [0.4, 0.5) is 5.69 Å². The van der Waals surface area contributed by atoms with E-state index in [0.717, 1.165) is 62.8 Å². The van der Waals surface area contributed by atoms with Crippen LogP contribution in [0.3, 0.4) is 0 Å². The molecule has 186 valence electrons. The molecule has 0 aliphatic carbocycles. The van der Waals surface area contributed by atoms with Crippen LogP contribution in [0.25, 0.3) is 33.7 Å². The molecular weight excluding hydrogens is 524 g/mol. The van der Waals surface area contributed by atoms with Gasteiger partial charge in [0, 0.05) is 28.8 Å². The molecule has 1 aliphatic rings. The molecule has 0 amide bonds. The van der Waals surface area contributed by atoms with Crippen LogP contribution in [-0.2, 0) is 4.79 Å². The number of aromatic amines is 1. The Hall–Kier alpha value is -3.50. The maximum atomic E-state index is 12.2. The van der Waals surface area contributed by atoms with E-state index in [1.165, 1.54) is 0 Å². The molecule has 0 bridgehead atoms. The molecule has 36 heavy (non-hydrogen) atoms. The molecule has 0 saturated heterocycles. The van der Waals surface area contributed by atoms with Gasteiger partial charge in [0.25, 0.3) is 0 Å². The van der Waals surface area contributed by atoms with E-state index in [9.17, 15) is 9.90 Å². The number of hydrogen-bond acceptors (Lipinski definition) is 7. The quantitative estimate of drug-likeness (QED) is 0.274. The SMILES string of the molecule is CCCCC1=C(C)C(C(=O)O)N(CC)N1c1ccc2oc(-c3ccccc3-c3nnn[nH]3)c(Br)c2c1. The Morgan fingerprint density at radius 2 is 1.97 bits per heavy atom. The molecule has 1 atom stereocenters. The molecule has 9 nitrogen and oxygen atoms in total. The number of unbranched alkanes of at least 4 members (excludes halogenated alkanes) is 1. The summed E-state index contributed by atoms with van der Waals surface area (Å²) in [5, 5.41) is 29.2. The summed E-state index contributed by atoms with van der Waals surface area (Å²) in [5.41, 5.74) is 5.23. The lowest BCUT2D eigenvalue weighted by Gasteiger charge is -2.34. The Morgan fingerprint density at radius 1 is 1.19 bits per heavy atom. The maximum absolute atomic E-state index is 12.2. The van der Waals surface area contributed by atoms with Gasteiger partial charge >= 0.3 is 5.97 Å². The summed E-state index contributed by atoms with van der Waals surface area (Å²) in [6.45, 7) is 6.63. The minimum absolute atomic E-state index is 0.551. The number of rotatable bonds is 8. The number of carbonyl (C=O) groups is 1. The van der Waals surface area contributed by atoms with Crippen molar-refractivity contribution in [3.05, 3.63) is 58.2 Å². The molecule has 4 aromatic rings. The fourth-order valence-corrected chi connectivity index (χ4v) is 5.53. The molecule has 0 radical (unpaired) electrons. The van der Waals surface area contributed by atoms with Crippen molar-refractivity contribution >= 4 is 38.6 Å². The van der Waals surface area contributed by atoms with Gasteiger partial charge in [-0.15, -0.1) is 5.10 Å². The van der Waals surface area contributed by atoms with E-state index >= 15 is 0 Å². The molecule has 0 spiro atoms. The topological polar surface area (TPSA) is 111 Å². The second-order valence-corrected chi connectivity index (χ2v) is 9.56. The summed E-state index contributed by atoms with van der Waals surface area (Å²) in [5.74, 6) is 0.386. The largest absolute Gasteiger partial charge is 0.480 e. The molecule has 5 rings (SSSR count). The third-order valence-corrected chi connectivity index (χ3v) is 7.42. The van der Waals surface area contributed by atoms with Crippen molar-refractivity contribution in [2.24, 2.45) is 0 Å². The number of halogens is 1. The number of likely N-dealkylation sites (N-methyl/N-ethyl adjacent to an activating group) is 1. The van der Waals surface area contributed by atoms with Crippen molar-refractivity contribution in [1.82, 2.24) is 25.6 Å². The van der Waals surface area contributed by atoms with Gasteiger partial charge in [-0.3, -0.25) is 9.80 Å². The van der Waals surface area contributed by atoms with E-state index in [4.69, 9.17) is 4.42 Å². The average Bonchev–Trinajstić information content (AvgIpc) is 3.59. The van der Waals surface area contributed by atoms with Gasteiger partial charge in [-0.25, -0.2) is 5.10 Å². The van der Waals surface area contributed by atoms with E-state index < -0.39 is 12.0 Å². The van der Waals surface area contributed by atoms with E-state index in [0.29, 0.717) is 18.1 Å². The van der Waals surface area contributed by atoms with Crippen molar-refractivity contribution in [3.63, 3.8) is 0 Å². The van der Waals surface area contributed by atoms with Gasteiger partial charge in [-0.05, 0) is 69.9 Å². The van der Waals surface area contributed by atoms with Crippen LogP contribution < -0.4 is 5.01 Å². The van der Waals surface area contributed by atoms with E-state index in [1.54, 1.807) is 0 Å². The fraction of sp³-hybridized carbons (Fsp3) is 0.308. The van der Waals surface area contributed by atoms with Crippen LogP contribution in [0.15, 0.2) is 62.6 Å². The average molecular weight is 551 g/mol. The lowest BCUT2D eigenvalue weighted by Crippen LogP contribution is -2.46. The summed E-state index contributed by atoms with van der Waals surface area (Å²) in [6.07, 6.45) is 2.84. The molecule has 3 heterocycles. The molecule has 2 aromatic heterocycles. The third-order valence-electron chi connectivity index (χ3n) is 6.63. The minimum atomic E-state index is -0.836. The first kappa shape index (κ1) is 24.2. The number of aliphatic carboxylic acids is 1. The number of carboxylic acids is 1. The Bertz CT molecular complexity index is 1450. The van der Waals surface area contributed by atoms with Crippen molar-refractivity contribution < 1.29 is 14.3 Å². The number of tetrazole rings is 1. The molecule has 1 unspecified atom stereocenters. The van der Waals surface area contributed by atoms with Crippen molar-refractivity contribution in [2.75, 3.05) is 11.6 Å². The molecular formula is C26H27BrN6O3. The number of aromatic nitrogens is 4. The predicted octanol–water partition coefficient (Wildman–Crippen LogP) is 6.02. The van der Waals surface area contributed by atoms with Crippen LogP contribution in [0.5, 0.6) is 0 Å². The number of nitrogens with one attached hydrogen (secondary N) is 1. The molecule has 10 heteroatoms. The van der Waals surface area contributed by atoms with Gasteiger partial charge < -0.3 is 9.52 Å². The van der Waals surface area contributed by atoms with Crippen molar-refractivity contribution in [3.8, 4) is 22.7 Å². The molecule has 2 N–H and O–H groups in total. The number of nitrogens with zero attached hydrogens (tertiary/aromatic N) is 5. The van der Waals surface area contributed by atoms with Gasteiger partial charge in [0.2, 0.25) is 0 Å². The van der Waals surface area contributed by atoms with Crippen LogP contribution in [0.1, 0.15) is 40.0 Å². The molecule has 2 aromatic carbocycles. The lowest BCUT2D eigenvalue weighted by molar-refractivity contribution is -0.141. The molecule has 0 saturated carbocycles. The summed E-state index contributed by atoms with van der Waals surface area (Å²) in [4.78, 5) is 12.2. The van der Waals surface area contributed by atoms with Crippen LogP contribution in [-0.4, -0.2) is 49.3 Å². The standard InChI is InChI=1S/C26H27BrN6O3/c1-4-6-11-20-15(3)23(26(34)35)32(5-2)33(20)16-12-13-21-19(14-16)22(27)24(36-21)17-9-7-8-10-18(17)25-28-30-31-29-25/h7-10,12-14,23H,4-6,11H2,1-3H3,(H,34,35)(H,28,29,30,31). The number of carboxylic acid groups (broad SMARTS) is 1. The first-order valence-corrected chi connectivity index (χ1v) is 12.8. The minimum Gasteiger partial charge on any atom is -0.480 e. The van der Waals surface area contributed by atoms with Gasteiger partial charge in [0.05, 0.1) is 10.2 Å². The number of allylic oxidation sites excluding steroid dienone is 1. The van der Waals surface area contributed by atoms with Crippen molar-refractivity contribution in [2.45, 2.75) is 46.1 Å². The van der Waals surface area contributed by atoms with Crippen LogP contribution >= 0.6 is 15.9 Å². The zero-order valence-corrected chi connectivity index (χ0v) is 21.9. The second-order valence-electron chi connectivity index (χ2n) is 8.76. The highest BCUT2D eigenvalue weighted by Gasteiger charge is 2.40. The Labute approximate surface area is 216 Å². The molecule has 0 fully saturated rings. The number of hydrazine groups is 1. The number of furan rings is 1. The summed E-state index contributed by atoms with van der Waals surface area (Å²) < 4.78 is 7.11. The highest BCUT2D eigenvalue weighted by atomic mass is 79.9. The first-order chi connectivity index (χ1) is 17.5. The third kappa shape index (κ3) is 4.00. The Balaban J connectivity index is 1.62. The highest BCUT2D eigenvalue weighted by Crippen LogP contribution is 2.44. The number of benzene rings is 2. The van der Waals surface area contributed by atoms with Gasteiger partial charge in [0.15, 0.2) is 5.82 Å². The second kappa shape index (κ2) is 9.87. The zero-order chi connectivity index (χ0) is 25.4. The maximum Gasteiger partial charge on any atom is 0.327 e. The smallest absolute Gasteiger partial charge is 0.327 e. The van der Waals surface area contributed by atoms with E-state index in [2.05, 4.69) is 54.6 Å². The Morgan fingerprint density at radius 3 is 2.64 bits per heavy atom. The van der Waals surface area contributed by atoms with Crippen LogP contribution in [0.2, 0.25) is 0 Å². The summed E-state index contributed by atoms with van der Waals surface area (Å²) in [7, 11) is 0. The van der Waals surface area contributed by atoms with Crippen LogP contribution in [0, 0.1) is 0 Å². The summed E-state index contributed by atoms with van der Waals surface area (Å²) >= 11 is 3.77. The number of H-pyrrole nitrogens is 1. The zero-order valence-electron chi connectivity index (χ0n) is 20.3.